The van der Waals surface area contributed by atoms with Gasteiger partial charge in [0.25, 0.3) is 0 Å². The third-order valence-corrected chi connectivity index (χ3v) is 10.5. The predicted octanol–water partition coefficient (Wildman–Crippen LogP) is 12.0. The Balaban J connectivity index is 1.32. The van der Waals surface area contributed by atoms with Crippen LogP contribution in [0.3, 0.4) is 0 Å². The molecule has 0 saturated heterocycles. The molecule has 0 amide bonds. The number of rotatable bonds is 5. The monoisotopic (exact) mass is 722 g/mol. The van der Waals surface area contributed by atoms with E-state index in [9.17, 15) is 26.3 Å². The van der Waals surface area contributed by atoms with Crippen molar-refractivity contribution in [3.63, 3.8) is 0 Å². The zero-order valence-electron chi connectivity index (χ0n) is 30.2. The third kappa shape index (κ3) is 5.80. The fourth-order valence-corrected chi connectivity index (χ4v) is 7.97. The summed E-state index contributed by atoms with van der Waals surface area (Å²) >= 11 is 0. The Labute approximate surface area is 328 Å². The van der Waals surface area contributed by atoms with E-state index in [0.717, 1.165) is 82.8 Å². The summed E-state index contributed by atoms with van der Waals surface area (Å²) in [6, 6.07) is 62.4. The smallest absolute Gasteiger partial charge is 0.0998 e. The van der Waals surface area contributed by atoms with E-state index >= 15 is 0 Å². The van der Waals surface area contributed by atoms with Crippen LogP contribution in [-0.2, 0) is 0 Å². The highest BCUT2D eigenvalue weighted by atomic mass is 15.0. The molecule has 0 bridgehead atoms. The van der Waals surface area contributed by atoms with Crippen LogP contribution in [0.2, 0.25) is 0 Å². The van der Waals surface area contributed by atoms with Gasteiger partial charge in [-0.2, -0.15) is 26.3 Å². The van der Waals surface area contributed by atoms with Crippen molar-refractivity contribution in [2.24, 2.45) is 0 Å². The molecular formula is C51H26N6. The van der Waals surface area contributed by atoms with Crippen molar-refractivity contribution in [1.29, 1.82) is 26.3 Å². The minimum Gasteiger partial charge on any atom is -0.309 e. The summed E-state index contributed by atoms with van der Waals surface area (Å²) in [5.41, 5.74) is 12.4. The van der Waals surface area contributed by atoms with E-state index in [1.807, 2.05) is 66.7 Å². The Bertz CT molecular complexity index is 3170. The van der Waals surface area contributed by atoms with E-state index in [1.54, 1.807) is 36.4 Å². The molecule has 6 heteroatoms. The molecule has 6 nitrogen and oxygen atoms in total. The van der Waals surface area contributed by atoms with Crippen LogP contribution < -0.4 is 0 Å². The van der Waals surface area contributed by atoms with Crippen molar-refractivity contribution in [2.45, 2.75) is 0 Å². The van der Waals surface area contributed by atoms with E-state index in [1.165, 1.54) is 0 Å². The van der Waals surface area contributed by atoms with Crippen LogP contribution in [-0.4, -0.2) is 4.57 Å². The average Bonchev–Trinajstić information content (AvgIpc) is 3.61. The second-order valence-corrected chi connectivity index (χ2v) is 13.7. The Kier molecular flexibility index (Phi) is 8.32. The van der Waals surface area contributed by atoms with Gasteiger partial charge in [-0.1, -0.05) is 84.9 Å². The third-order valence-electron chi connectivity index (χ3n) is 10.5. The average molecular weight is 723 g/mol. The van der Waals surface area contributed by atoms with Crippen molar-refractivity contribution in [3.8, 4) is 80.5 Å². The van der Waals surface area contributed by atoms with Gasteiger partial charge in [-0.25, -0.2) is 0 Å². The van der Waals surface area contributed by atoms with Crippen LogP contribution >= 0.6 is 0 Å². The minimum absolute atomic E-state index is 0.405. The van der Waals surface area contributed by atoms with Crippen LogP contribution in [0.25, 0.3) is 82.8 Å². The fourth-order valence-electron chi connectivity index (χ4n) is 7.97. The molecule has 260 valence electrons. The molecule has 0 unspecified atom stereocenters. The van der Waals surface area contributed by atoms with Crippen LogP contribution in [0.15, 0.2) is 158 Å². The Morgan fingerprint density at radius 3 is 1.28 bits per heavy atom. The molecule has 0 N–H and O–H groups in total. The van der Waals surface area contributed by atoms with Gasteiger partial charge in [-0.05, 0) is 117 Å². The summed E-state index contributed by atoms with van der Waals surface area (Å²) in [4.78, 5) is 0. The van der Waals surface area contributed by atoms with Crippen molar-refractivity contribution >= 4 is 32.6 Å². The number of nitriles is 5. The van der Waals surface area contributed by atoms with Crippen molar-refractivity contribution < 1.29 is 0 Å². The lowest BCUT2D eigenvalue weighted by molar-refractivity contribution is 1.18. The summed E-state index contributed by atoms with van der Waals surface area (Å²) in [6.07, 6.45) is 0. The fraction of sp³-hybridized carbons (Fsp3) is 0. The van der Waals surface area contributed by atoms with E-state index in [-0.39, 0.29) is 0 Å². The van der Waals surface area contributed by atoms with Crippen molar-refractivity contribution in [1.82, 2.24) is 4.57 Å². The maximum atomic E-state index is 9.90. The normalized spacial score (nSPS) is 10.7. The summed E-state index contributed by atoms with van der Waals surface area (Å²) in [7, 11) is 0. The molecule has 9 aromatic rings. The van der Waals surface area contributed by atoms with Gasteiger partial charge in [0.1, 0.15) is 0 Å². The van der Waals surface area contributed by atoms with Crippen LogP contribution in [0.5, 0.6) is 0 Å². The lowest BCUT2D eigenvalue weighted by Crippen LogP contribution is -1.98. The Hall–Kier alpha value is -8.73. The number of hydrogen-bond donors (Lipinski definition) is 0. The van der Waals surface area contributed by atoms with Crippen LogP contribution in [0.4, 0.5) is 0 Å². The summed E-state index contributed by atoms with van der Waals surface area (Å²) in [6.45, 7) is 0. The molecule has 1 aromatic heterocycles. The molecule has 0 aliphatic rings. The molecule has 57 heavy (non-hydrogen) atoms. The molecule has 0 fully saturated rings. The topological polar surface area (TPSA) is 124 Å². The van der Waals surface area contributed by atoms with Gasteiger partial charge in [0.2, 0.25) is 0 Å². The molecule has 0 aliphatic heterocycles. The van der Waals surface area contributed by atoms with Gasteiger partial charge in [0.15, 0.2) is 0 Å². The van der Waals surface area contributed by atoms with E-state index in [0.29, 0.717) is 27.8 Å². The number of benzene rings is 8. The van der Waals surface area contributed by atoms with Gasteiger partial charge in [-0.3, -0.25) is 0 Å². The number of aromatic nitrogens is 1. The second-order valence-electron chi connectivity index (χ2n) is 13.7. The lowest BCUT2D eigenvalue weighted by Gasteiger charge is -2.18. The molecular weight excluding hydrogens is 697 g/mol. The quantitative estimate of drug-likeness (QED) is 0.175. The van der Waals surface area contributed by atoms with Gasteiger partial charge in [0.05, 0.1) is 74.9 Å². The van der Waals surface area contributed by atoms with Crippen molar-refractivity contribution in [3.05, 3.63) is 186 Å². The lowest BCUT2D eigenvalue weighted by atomic mass is 9.89. The van der Waals surface area contributed by atoms with Gasteiger partial charge in [-0.15, -0.1) is 0 Å². The van der Waals surface area contributed by atoms with E-state index in [2.05, 4.69) is 89.5 Å². The maximum absolute atomic E-state index is 9.90. The first kappa shape index (κ1) is 34.1. The summed E-state index contributed by atoms with van der Waals surface area (Å²) < 4.78 is 2.26. The molecule has 0 atom stereocenters. The first-order chi connectivity index (χ1) is 28.0. The zero-order valence-corrected chi connectivity index (χ0v) is 30.2. The largest absolute Gasteiger partial charge is 0.309 e. The van der Waals surface area contributed by atoms with Crippen molar-refractivity contribution in [2.75, 3.05) is 0 Å². The number of hydrogen-bond acceptors (Lipinski definition) is 5. The molecule has 8 aromatic carbocycles. The first-order valence-electron chi connectivity index (χ1n) is 18.1. The molecule has 9 rings (SSSR count). The minimum atomic E-state index is 0.405. The zero-order chi connectivity index (χ0) is 39.0. The molecule has 0 radical (unpaired) electrons. The Morgan fingerprint density at radius 2 is 0.772 bits per heavy atom. The van der Waals surface area contributed by atoms with Crippen LogP contribution in [0, 0.1) is 56.7 Å². The molecule has 1 heterocycles. The second kappa shape index (κ2) is 13.9. The predicted molar refractivity (Wildman–Crippen MR) is 224 cm³/mol. The SMILES string of the molecule is N#Cc1cc(C#N)cc(-c2ccc3c(c2)c2cc(-c4cc(C#N)cc(C#N)c4)ccc2n3-c2ccccc2-c2ccccc2-c2ccc(C#N)c3ccccc23)c1. The highest BCUT2D eigenvalue weighted by Crippen LogP contribution is 2.43. The Morgan fingerprint density at radius 1 is 0.316 bits per heavy atom. The number of fused-ring (bicyclic) bond motifs is 4. The highest BCUT2D eigenvalue weighted by Gasteiger charge is 2.20. The molecule has 0 saturated carbocycles. The standard InChI is InChI=1S/C51H26N6/c52-27-32-19-33(28-53)22-39(21-32)36-14-17-50-47(25-36)48-26-37(40-23-34(29-54)20-35(24-40)30-55)15-18-51(48)57(50)49-12-6-5-11-46(49)44-10-4-3-9-43(44)45-16-13-38(31-56)41-7-1-2-8-42(41)45/h1-26H. The van der Waals surface area contributed by atoms with Gasteiger partial charge in [0, 0.05) is 21.7 Å². The highest BCUT2D eigenvalue weighted by molar-refractivity contribution is 6.12. The molecule has 0 spiro atoms. The maximum Gasteiger partial charge on any atom is 0.0998 e. The number of para-hydroxylation sites is 1. The number of nitrogens with zero attached hydrogens (tertiary/aromatic N) is 6. The van der Waals surface area contributed by atoms with Gasteiger partial charge < -0.3 is 4.57 Å². The van der Waals surface area contributed by atoms with E-state index < -0.39 is 0 Å². The van der Waals surface area contributed by atoms with Gasteiger partial charge >= 0.3 is 0 Å². The van der Waals surface area contributed by atoms with Crippen LogP contribution in [0.1, 0.15) is 27.8 Å². The molecule has 0 aliphatic carbocycles. The summed E-state index contributed by atoms with van der Waals surface area (Å²) in [5.74, 6) is 0. The van der Waals surface area contributed by atoms with E-state index in [4.69, 9.17) is 0 Å². The first-order valence-corrected chi connectivity index (χ1v) is 18.1. The summed E-state index contributed by atoms with van der Waals surface area (Å²) in [5, 5.41) is 52.7.